The molecule has 2 heterocycles. The van der Waals surface area contributed by atoms with Crippen LogP contribution in [0.25, 0.3) is 0 Å². The van der Waals surface area contributed by atoms with E-state index in [4.69, 9.17) is 4.74 Å². The average molecular weight is 345 g/mol. The van der Waals surface area contributed by atoms with E-state index in [0.717, 1.165) is 26.2 Å². The summed E-state index contributed by atoms with van der Waals surface area (Å²) in [5.74, 6) is 0.242. The Kier molecular flexibility index (Phi) is 5.64. The van der Waals surface area contributed by atoms with Crippen molar-refractivity contribution in [3.8, 4) is 0 Å². The fourth-order valence-electron chi connectivity index (χ4n) is 4.05. The number of hydrogen-bond donors (Lipinski definition) is 0. The van der Waals surface area contributed by atoms with Crippen LogP contribution < -0.4 is 4.90 Å². The van der Waals surface area contributed by atoms with Crippen LogP contribution in [0.5, 0.6) is 0 Å². The number of aryl methyl sites for hydroxylation is 1. The summed E-state index contributed by atoms with van der Waals surface area (Å²) in [5.41, 5.74) is 2.63. The summed E-state index contributed by atoms with van der Waals surface area (Å²) in [4.78, 5) is 19.6. The number of rotatable bonds is 3. The maximum Gasteiger partial charge on any atom is 0.239 e. The minimum atomic E-state index is -0.0588. The first-order valence-corrected chi connectivity index (χ1v) is 9.44. The van der Waals surface area contributed by atoms with Gasteiger partial charge >= 0.3 is 0 Å². The van der Waals surface area contributed by atoms with E-state index in [0.29, 0.717) is 13.1 Å². The largest absolute Gasteiger partial charge is 0.372 e. The van der Waals surface area contributed by atoms with Crippen LogP contribution in [-0.4, -0.2) is 73.2 Å². The van der Waals surface area contributed by atoms with Crippen LogP contribution in [0.15, 0.2) is 24.3 Å². The molecule has 2 aliphatic heterocycles. The molecule has 0 radical (unpaired) electrons. The molecule has 25 heavy (non-hydrogen) atoms. The molecule has 0 aromatic heterocycles. The third-order valence-corrected chi connectivity index (χ3v) is 5.41. The zero-order chi connectivity index (χ0) is 18.0. The van der Waals surface area contributed by atoms with E-state index in [1.807, 2.05) is 18.7 Å². The zero-order valence-electron chi connectivity index (χ0n) is 15.9. The highest BCUT2D eigenvalue weighted by Crippen LogP contribution is 2.22. The third-order valence-electron chi connectivity index (χ3n) is 5.41. The molecule has 3 atom stereocenters. The van der Waals surface area contributed by atoms with Crippen molar-refractivity contribution in [3.63, 3.8) is 0 Å². The van der Waals surface area contributed by atoms with E-state index in [-0.39, 0.29) is 24.2 Å². The first-order valence-electron chi connectivity index (χ1n) is 9.44. The van der Waals surface area contributed by atoms with Crippen molar-refractivity contribution in [1.29, 1.82) is 0 Å². The van der Waals surface area contributed by atoms with Crippen molar-refractivity contribution in [3.05, 3.63) is 29.8 Å². The summed E-state index contributed by atoms with van der Waals surface area (Å²) in [5, 5.41) is 0. The number of benzene rings is 1. The molecule has 5 nitrogen and oxygen atoms in total. The maximum atomic E-state index is 12.9. The van der Waals surface area contributed by atoms with E-state index < -0.39 is 0 Å². The quantitative estimate of drug-likeness (QED) is 0.841. The van der Waals surface area contributed by atoms with Crippen molar-refractivity contribution in [2.24, 2.45) is 0 Å². The highest BCUT2D eigenvalue weighted by molar-refractivity contribution is 5.81. The molecule has 2 aliphatic rings. The van der Waals surface area contributed by atoms with E-state index in [2.05, 4.69) is 47.9 Å². The Morgan fingerprint density at radius 2 is 1.68 bits per heavy atom. The van der Waals surface area contributed by atoms with Gasteiger partial charge in [0.15, 0.2) is 0 Å². The first kappa shape index (κ1) is 18.2. The summed E-state index contributed by atoms with van der Waals surface area (Å²) in [6.45, 7) is 13.5. The molecule has 1 aromatic rings. The summed E-state index contributed by atoms with van der Waals surface area (Å²) in [6.07, 6.45) is 0.246. The summed E-state index contributed by atoms with van der Waals surface area (Å²) in [6, 6.07) is 8.48. The van der Waals surface area contributed by atoms with Gasteiger partial charge in [0.1, 0.15) is 0 Å². The van der Waals surface area contributed by atoms with Crippen LogP contribution in [0.4, 0.5) is 5.69 Å². The van der Waals surface area contributed by atoms with Crippen molar-refractivity contribution >= 4 is 11.6 Å². The van der Waals surface area contributed by atoms with Gasteiger partial charge in [-0.3, -0.25) is 9.69 Å². The number of anilines is 1. The van der Waals surface area contributed by atoms with Crippen LogP contribution in [0.1, 0.15) is 26.3 Å². The van der Waals surface area contributed by atoms with Crippen LogP contribution in [-0.2, 0) is 9.53 Å². The van der Waals surface area contributed by atoms with Gasteiger partial charge in [-0.2, -0.15) is 0 Å². The molecular weight excluding hydrogens is 314 g/mol. The monoisotopic (exact) mass is 345 g/mol. The average Bonchev–Trinajstić information content (AvgIpc) is 2.60. The third kappa shape index (κ3) is 4.15. The van der Waals surface area contributed by atoms with Gasteiger partial charge in [0.25, 0.3) is 0 Å². The molecule has 3 rings (SSSR count). The molecule has 138 valence electrons. The lowest BCUT2D eigenvalue weighted by Gasteiger charge is -2.42. The fraction of sp³-hybridized carbons (Fsp3) is 0.650. The van der Waals surface area contributed by atoms with Crippen molar-refractivity contribution in [2.45, 2.75) is 45.9 Å². The molecule has 5 heteroatoms. The van der Waals surface area contributed by atoms with Gasteiger partial charge in [0.05, 0.1) is 18.2 Å². The predicted molar refractivity (Wildman–Crippen MR) is 101 cm³/mol. The summed E-state index contributed by atoms with van der Waals surface area (Å²) >= 11 is 0. The highest BCUT2D eigenvalue weighted by atomic mass is 16.5. The number of morpholine rings is 1. The van der Waals surface area contributed by atoms with E-state index in [1.165, 1.54) is 11.3 Å². The molecule has 2 saturated heterocycles. The normalized spacial score (nSPS) is 26.6. The highest BCUT2D eigenvalue weighted by Gasteiger charge is 2.32. The second-order valence-electron chi connectivity index (χ2n) is 7.49. The smallest absolute Gasteiger partial charge is 0.239 e. The minimum Gasteiger partial charge on any atom is -0.372 e. The molecule has 1 aromatic carbocycles. The number of amides is 1. The molecule has 3 unspecified atom stereocenters. The lowest BCUT2D eigenvalue weighted by Crippen LogP contribution is -2.57. The Morgan fingerprint density at radius 1 is 1.08 bits per heavy atom. The number of hydrogen-bond acceptors (Lipinski definition) is 4. The van der Waals surface area contributed by atoms with Crippen molar-refractivity contribution < 1.29 is 9.53 Å². The van der Waals surface area contributed by atoms with Gasteiger partial charge in [-0.15, -0.1) is 0 Å². The number of carbonyl (C=O) groups excluding carboxylic acids is 1. The van der Waals surface area contributed by atoms with Gasteiger partial charge in [-0.25, -0.2) is 0 Å². The lowest BCUT2D eigenvalue weighted by molar-refractivity contribution is -0.148. The van der Waals surface area contributed by atoms with Gasteiger partial charge in [0.2, 0.25) is 5.91 Å². The number of para-hydroxylation sites is 1. The van der Waals surface area contributed by atoms with Crippen molar-refractivity contribution in [1.82, 2.24) is 9.80 Å². The zero-order valence-corrected chi connectivity index (χ0v) is 15.9. The Morgan fingerprint density at radius 3 is 2.28 bits per heavy atom. The molecule has 0 aliphatic carbocycles. The summed E-state index contributed by atoms with van der Waals surface area (Å²) in [7, 11) is 0. The van der Waals surface area contributed by atoms with Gasteiger partial charge in [-0.05, 0) is 39.3 Å². The summed E-state index contributed by atoms with van der Waals surface area (Å²) < 4.78 is 5.75. The molecule has 0 saturated carbocycles. The maximum absolute atomic E-state index is 12.9. The van der Waals surface area contributed by atoms with Gasteiger partial charge < -0.3 is 14.5 Å². The van der Waals surface area contributed by atoms with Crippen LogP contribution in [0.3, 0.4) is 0 Å². The second-order valence-corrected chi connectivity index (χ2v) is 7.49. The number of carbonyl (C=O) groups is 1. The van der Waals surface area contributed by atoms with Crippen LogP contribution in [0, 0.1) is 6.92 Å². The fourth-order valence-corrected chi connectivity index (χ4v) is 4.05. The van der Waals surface area contributed by atoms with Crippen LogP contribution in [0.2, 0.25) is 0 Å². The van der Waals surface area contributed by atoms with Gasteiger partial charge in [-0.1, -0.05) is 18.2 Å². The minimum absolute atomic E-state index is 0.0588. The second kappa shape index (κ2) is 7.75. The molecule has 0 bridgehead atoms. The number of nitrogens with zero attached hydrogens (tertiary/aromatic N) is 3. The van der Waals surface area contributed by atoms with Crippen LogP contribution >= 0.6 is 0 Å². The first-order chi connectivity index (χ1) is 12.0. The SMILES string of the molecule is Cc1ccccc1N1CCN(C(C)C(=O)N2CC(C)OC(C)C2)CC1. The molecular formula is C20H31N3O2. The van der Waals surface area contributed by atoms with Crippen molar-refractivity contribution in [2.75, 3.05) is 44.2 Å². The Bertz CT molecular complexity index is 588. The number of piperazine rings is 1. The molecule has 0 N–H and O–H groups in total. The predicted octanol–water partition coefficient (Wildman–Crippen LogP) is 2.14. The Hall–Kier alpha value is -1.59. The topological polar surface area (TPSA) is 36.0 Å². The molecule has 1 amide bonds. The van der Waals surface area contributed by atoms with Gasteiger partial charge in [0, 0.05) is 45.0 Å². The van der Waals surface area contributed by atoms with E-state index >= 15 is 0 Å². The number of ether oxygens (including phenoxy) is 1. The molecule has 2 fully saturated rings. The van der Waals surface area contributed by atoms with E-state index in [1.54, 1.807) is 0 Å². The van der Waals surface area contributed by atoms with E-state index in [9.17, 15) is 4.79 Å². The molecule has 0 spiro atoms. The standard InChI is InChI=1S/C20H31N3O2/c1-15-7-5-6-8-19(15)22-11-9-21(10-12-22)18(4)20(24)23-13-16(2)25-17(3)14-23/h5-8,16-18H,9-14H2,1-4H3. The lowest BCUT2D eigenvalue weighted by atomic mass is 10.1. The Balaban J connectivity index is 1.57. The Labute approximate surface area is 151 Å².